The SMILES string of the molecule is CC(C)CNC(=O)c1cc(NC(=O)CSc2ccccc2)ccc1N1CCCC1. The zero-order chi connectivity index (χ0) is 20.6. The lowest BCUT2D eigenvalue weighted by Crippen LogP contribution is -2.30. The summed E-state index contributed by atoms with van der Waals surface area (Å²) in [7, 11) is 0. The minimum absolute atomic E-state index is 0.0821. The summed E-state index contributed by atoms with van der Waals surface area (Å²) in [6, 6.07) is 15.5. The minimum atomic E-state index is -0.0876. The predicted octanol–water partition coefficient (Wildman–Crippen LogP) is 4.40. The Bertz CT molecular complexity index is 833. The van der Waals surface area contributed by atoms with Crippen molar-refractivity contribution in [2.45, 2.75) is 31.6 Å². The molecule has 0 unspecified atom stereocenters. The maximum Gasteiger partial charge on any atom is 0.253 e. The second-order valence-corrected chi connectivity index (χ2v) is 8.73. The van der Waals surface area contributed by atoms with E-state index in [1.807, 2.05) is 42.5 Å². The number of benzene rings is 2. The van der Waals surface area contributed by atoms with Crippen molar-refractivity contribution in [2.75, 3.05) is 35.6 Å². The second kappa shape index (κ2) is 10.3. The molecule has 2 aromatic rings. The summed E-state index contributed by atoms with van der Waals surface area (Å²) in [6.45, 7) is 6.70. The fraction of sp³-hybridized carbons (Fsp3) is 0.391. The Morgan fingerprint density at radius 2 is 1.79 bits per heavy atom. The van der Waals surface area contributed by atoms with Crippen LogP contribution in [0, 0.1) is 5.92 Å². The van der Waals surface area contributed by atoms with Gasteiger partial charge < -0.3 is 15.5 Å². The first-order valence-electron chi connectivity index (χ1n) is 10.2. The molecule has 5 nitrogen and oxygen atoms in total. The summed E-state index contributed by atoms with van der Waals surface area (Å²) in [5.74, 6) is 0.538. The highest BCUT2D eigenvalue weighted by molar-refractivity contribution is 8.00. The van der Waals surface area contributed by atoms with Gasteiger partial charge in [-0.1, -0.05) is 32.0 Å². The van der Waals surface area contributed by atoms with Crippen LogP contribution >= 0.6 is 11.8 Å². The third kappa shape index (κ3) is 6.26. The van der Waals surface area contributed by atoms with Gasteiger partial charge in [0.05, 0.1) is 11.3 Å². The highest BCUT2D eigenvalue weighted by Crippen LogP contribution is 2.28. The molecule has 2 N–H and O–H groups in total. The van der Waals surface area contributed by atoms with Crippen LogP contribution in [0.4, 0.5) is 11.4 Å². The van der Waals surface area contributed by atoms with Crippen LogP contribution in [0.5, 0.6) is 0 Å². The minimum Gasteiger partial charge on any atom is -0.371 e. The molecule has 2 aromatic carbocycles. The molecule has 0 radical (unpaired) electrons. The zero-order valence-electron chi connectivity index (χ0n) is 17.1. The number of nitrogens with one attached hydrogen (secondary N) is 2. The lowest BCUT2D eigenvalue weighted by Gasteiger charge is -2.22. The van der Waals surface area contributed by atoms with Crippen molar-refractivity contribution in [3.8, 4) is 0 Å². The average molecular weight is 412 g/mol. The van der Waals surface area contributed by atoms with E-state index in [2.05, 4.69) is 29.4 Å². The smallest absolute Gasteiger partial charge is 0.253 e. The Kier molecular flexibility index (Phi) is 7.58. The number of carbonyl (C=O) groups excluding carboxylic acids is 2. The lowest BCUT2D eigenvalue weighted by molar-refractivity contribution is -0.113. The summed E-state index contributed by atoms with van der Waals surface area (Å²) in [5.41, 5.74) is 2.22. The molecule has 29 heavy (non-hydrogen) atoms. The third-order valence-corrected chi connectivity index (χ3v) is 5.77. The molecular weight excluding hydrogens is 382 g/mol. The zero-order valence-corrected chi connectivity index (χ0v) is 17.9. The number of hydrogen-bond acceptors (Lipinski definition) is 4. The van der Waals surface area contributed by atoms with Crippen molar-refractivity contribution in [3.05, 3.63) is 54.1 Å². The molecule has 0 spiro atoms. The van der Waals surface area contributed by atoms with Crippen molar-refractivity contribution >= 4 is 35.0 Å². The first kappa shape index (κ1) is 21.2. The molecule has 2 amide bonds. The van der Waals surface area contributed by atoms with Crippen LogP contribution in [0.25, 0.3) is 0 Å². The van der Waals surface area contributed by atoms with Crippen LogP contribution in [-0.2, 0) is 4.79 Å². The molecule has 1 aliphatic heterocycles. The molecule has 0 aliphatic carbocycles. The summed E-state index contributed by atoms with van der Waals surface area (Å²) in [4.78, 5) is 28.5. The largest absolute Gasteiger partial charge is 0.371 e. The molecule has 1 saturated heterocycles. The molecule has 154 valence electrons. The number of nitrogens with zero attached hydrogens (tertiary/aromatic N) is 1. The van der Waals surface area contributed by atoms with E-state index in [4.69, 9.17) is 0 Å². The normalized spacial score (nSPS) is 13.6. The van der Waals surface area contributed by atoms with Crippen LogP contribution in [-0.4, -0.2) is 37.2 Å². The topological polar surface area (TPSA) is 61.4 Å². The van der Waals surface area contributed by atoms with E-state index in [1.165, 1.54) is 11.8 Å². The Hall–Kier alpha value is -2.47. The van der Waals surface area contributed by atoms with Crippen molar-refractivity contribution in [3.63, 3.8) is 0 Å². The number of thioether (sulfide) groups is 1. The van der Waals surface area contributed by atoms with Gasteiger partial charge in [0.25, 0.3) is 5.91 Å². The van der Waals surface area contributed by atoms with Crippen molar-refractivity contribution < 1.29 is 9.59 Å². The fourth-order valence-corrected chi connectivity index (χ4v) is 4.00. The number of rotatable bonds is 8. The van der Waals surface area contributed by atoms with Gasteiger partial charge in [0.1, 0.15) is 0 Å². The van der Waals surface area contributed by atoms with Crippen LogP contribution in [0.3, 0.4) is 0 Å². The van der Waals surface area contributed by atoms with Crippen molar-refractivity contribution in [1.29, 1.82) is 0 Å². The van der Waals surface area contributed by atoms with E-state index in [0.717, 1.165) is 36.5 Å². The maximum atomic E-state index is 12.8. The second-order valence-electron chi connectivity index (χ2n) is 7.68. The highest BCUT2D eigenvalue weighted by Gasteiger charge is 2.20. The Morgan fingerprint density at radius 3 is 2.48 bits per heavy atom. The Labute approximate surface area is 177 Å². The molecule has 0 aromatic heterocycles. The van der Waals surface area contributed by atoms with Gasteiger partial charge in [-0.2, -0.15) is 0 Å². The number of carbonyl (C=O) groups is 2. The van der Waals surface area contributed by atoms with Gasteiger partial charge in [-0.15, -0.1) is 11.8 Å². The van der Waals surface area contributed by atoms with Gasteiger partial charge in [0.15, 0.2) is 0 Å². The summed E-state index contributed by atoms with van der Waals surface area (Å²) in [6.07, 6.45) is 2.28. The van der Waals surface area contributed by atoms with Crippen LogP contribution in [0.1, 0.15) is 37.0 Å². The van der Waals surface area contributed by atoms with E-state index in [9.17, 15) is 9.59 Å². The highest BCUT2D eigenvalue weighted by atomic mass is 32.2. The van der Waals surface area contributed by atoms with Gasteiger partial charge in [-0.05, 0) is 49.1 Å². The van der Waals surface area contributed by atoms with Crippen molar-refractivity contribution in [1.82, 2.24) is 5.32 Å². The summed E-state index contributed by atoms with van der Waals surface area (Å²) < 4.78 is 0. The van der Waals surface area contributed by atoms with Gasteiger partial charge in [-0.25, -0.2) is 0 Å². The lowest BCUT2D eigenvalue weighted by atomic mass is 10.1. The molecule has 1 heterocycles. The Morgan fingerprint density at radius 1 is 1.07 bits per heavy atom. The molecule has 0 atom stereocenters. The number of amides is 2. The van der Waals surface area contributed by atoms with E-state index in [-0.39, 0.29) is 11.8 Å². The molecule has 6 heteroatoms. The van der Waals surface area contributed by atoms with Crippen molar-refractivity contribution in [2.24, 2.45) is 5.92 Å². The van der Waals surface area contributed by atoms with Gasteiger partial charge in [-0.3, -0.25) is 9.59 Å². The monoisotopic (exact) mass is 411 g/mol. The van der Waals surface area contributed by atoms with Crippen LogP contribution < -0.4 is 15.5 Å². The molecule has 0 bridgehead atoms. The van der Waals surface area contributed by atoms with Crippen LogP contribution in [0.2, 0.25) is 0 Å². The molecule has 1 fully saturated rings. The van der Waals surface area contributed by atoms with Gasteiger partial charge in [0.2, 0.25) is 5.91 Å². The van der Waals surface area contributed by atoms with E-state index in [1.54, 1.807) is 6.07 Å². The number of anilines is 2. The average Bonchev–Trinajstić information content (AvgIpc) is 3.26. The van der Waals surface area contributed by atoms with E-state index < -0.39 is 0 Å². The van der Waals surface area contributed by atoms with Gasteiger partial charge in [0, 0.05) is 35.9 Å². The molecule has 3 rings (SSSR count). The van der Waals surface area contributed by atoms with Crippen LogP contribution in [0.15, 0.2) is 53.4 Å². The first-order valence-corrected chi connectivity index (χ1v) is 11.2. The molecule has 1 aliphatic rings. The summed E-state index contributed by atoms with van der Waals surface area (Å²) in [5, 5.41) is 5.94. The first-order chi connectivity index (χ1) is 14.0. The predicted molar refractivity (Wildman–Crippen MR) is 121 cm³/mol. The van der Waals surface area contributed by atoms with E-state index in [0.29, 0.717) is 29.5 Å². The molecular formula is C23H29N3O2S. The Balaban J connectivity index is 1.70. The van der Waals surface area contributed by atoms with E-state index >= 15 is 0 Å². The third-order valence-electron chi connectivity index (χ3n) is 4.76. The quantitative estimate of drug-likeness (QED) is 0.632. The standard InChI is InChI=1S/C23H29N3O2S/c1-17(2)15-24-23(28)20-14-18(10-11-21(20)26-12-6-7-13-26)25-22(27)16-29-19-8-4-3-5-9-19/h3-5,8-11,14,17H,6-7,12-13,15-16H2,1-2H3,(H,24,28)(H,25,27). The maximum absolute atomic E-state index is 12.8. The molecule has 0 saturated carbocycles. The summed E-state index contributed by atoms with van der Waals surface area (Å²) >= 11 is 1.49. The van der Waals surface area contributed by atoms with Gasteiger partial charge >= 0.3 is 0 Å². The number of hydrogen-bond donors (Lipinski definition) is 2. The fourth-order valence-electron chi connectivity index (χ4n) is 3.28.